The summed E-state index contributed by atoms with van der Waals surface area (Å²) in [5.41, 5.74) is 1.92. The maximum absolute atomic E-state index is 13.3. The number of anilines is 1. The van der Waals surface area contributed by atoms with E-state index in [0.717, 1.165) is 39.6 Å². The van der Waals surface area contributed by atoms with Crippen molar-refractivity contribution < 1.29 is 9.53 Å². The van der Waals surface area contributed by atoms with Gasteiger partial charge in [0.05, 0.1) is 23.7 Å². The van der Waals surface area contributed by atoms with Gasteiger partial charge >= 0.3 is 0 Å². The summed E-state index contributed by atoms with van der Waals surface area (Å²) in [5.74, 6) is 0.876. The predicted octanol–water partition coefficient (Wildman–Crippen LogP) is 5.33. The molecule has 0 aliphatic carbocycles. The van der Waals surface area contributed by atoms with Crippen molar-refractivity contribution in [2.24, 2.45) is 0 Å². The number of amides is 1. The Balaban J connectivity index is 1.79. The molecule has 0 saturated heterocycles. The number of rotatable bonds is 10. The van der Waals surface area contributed by atoms with Crippen molar-refractivity contribution in [1.29, 1.82) is 0 Å². The molecule has 0 aliphatic rings. The van der Waals surface area contributed by atoms with E-state index in [1.807, 2.05) is 49.0 Å². The molecule has 0 spiro atoms. The lowest BCUT2D eigenvalue weighted by atomic mass is 10.1. The zero-order valence-corrected chi connectivity index (χ0v) is 20.6. The lowest BCUT2D eigenvalue weighted by Gasteiger charge is -2.21. The first-order chi connectivity index (χ1) is 14.9. The van der Waals surface area contributed by atoms with Gasteiger partial charge in [-0.15, -0.1) is 11.8 Å². The Bertz CT molecular complexity index is 1000. The average Bonchev–Trinajstić information content (AvgIpc) is 3.14. The van der Waals surface area contributed by atoms with Crippen molar-refractivity contribution in [1.82, 2.24) is 9.88 Å². The molecule has 1 aromatic heterocycles. The van der Waals surface area contributed by atoms with E-state index < -0.39 is 0 Å². The number of carbonyl (C=O) groups is 1. The maximum Gasteiger partial charge on any atom is 0.233 e. The fourth-order valence-electron chi connectivity index (χ4n) is 3.24. The van der Waals surface area contributed by atoms with Crippen molar-refractivity contribution in [2.75, 3.05) is 39.2 Å². The summed E-state index contributed by atoms with van der Waals surface area (Å²) in [6.45, 7) is 5.93. The summed E-state index contributed by atoms with van der Waals surface area (Å²) in [5, 5.41) is 1.29. The third kappa shape index (κ3) is 6.69. The number of fused-ring (bicyclic) bond motifs is 1. The molecule has 7 heteroatoms. The molecule has 0 fully saturated rings. The molecule has 2 aromatic carbocycles. The highest BCUT2D eigenvalue weighted by Crippen LogP contribution is 2.32. The molecule has 0 radical (unpaired) electrons. The number of hydrogen-bond acceptors (Lipinski definition) is 6. The molecule has 1 heterocycles. The van der Waals surface area contributed by atoms with Crippen molar-refractivity contribution in [3.05, 3.63) is 48.0 Å². The van der Waals surface area contributed by atoms with Crippen LogP contribution in [0.2, 0.25) is 0 Å². The Morgan fingerprint density at radius 1 is 1.13 bits per heavy atom. The van der Waals surface area contributed by atoms with Gasteiger partial charge in [0.25, 0.3) is 0 Å². The number of thioether (sulfide) groups is 1. The van der Waals surface area contributed by atoms with Crippen LogP contribution in [-0.2, 0) is 11.2 Å². The van der Waals surface area contributed by atoms with E-state index >= 15 is 0 Å². The fourth-order valence-corrected chi connectivity index (χ4v) is 5.11. The Morgan fingerprint density at radius 3 is 2.52 bits per heavy atom. The molecule has 3 rings (SSSR count). The molecule has 0 atom stereocenters. The van der Waals surface area contributed by atoms with E-state index in [2.05, 4.69) is 43.0 Å². The summed E-state index contributed by atoms with van der Waals surface area (Å²) < 4.78 is 6.36. The number of nitrogens with zero attached hydrogens (tertiary/aromatic N) is 3. The third-order valence-electron chi connectivity index (χ3n) is 4.75. The minimum Gasteiger partial charge on any atom is -0.497 e. The molecule has 31 heavy (non-hydrogen) atoms. The van der Waals surface area contributed by atoms with Crippen LogP contribution in [0.4, 0.5) is 5.13 Å². The number of aromatic nitrogens is 1. The van der Waals surface area contributed by atoms with Crippen LogP contribution in [-0.4, -0.2) is 55.3 Å². The molecule has 0 unspecified atom stereocenters. The Kier molecular flexibility index (Phi) is 8.35. The van der Waals surface area contributed by atoms with Gasteiger partial charge in [-0.3, -0.25) is 9.69 Å². The molecule has 0 aliphatic heterocycles. The highest BCUT2D eigenvalue weighted by atomic mass is 32.2. The minimum absolute atomic E-state index is 0.0778. The molecule has 0 N–H and O–H groups in total. The Labute approximate surface area is 193 Å². The summed E-state index contributed by atoms with van der Waals surface area (Å²) in [6.07, 6.45) is 1.26. The number of benzene rings is 2. The Hall–Kier alpha value is -2.09. The summed E-state index contributed by atoms with van der Waals surface area (Å²) in [4.78, 5) is 23.3. The van der Waals surface area contributed by atoms with Crippen LogP contribution in [0.1, 0.15) is 25.8 Å². The first-order valence-corrected chi connectivity index (χ1v) is 12.2. The molecule has 166 valence electrons. The van der Waals surface area contributed by atoms with E-state index in [1.165, 1.54) is 16.2 Å². The second-order valence-corrected chi connectivity index (χ2v) is 10.7. The van der Waals surface area contributed by atoms with E-state index in [1.54, 1.807) is 7.11 Å². The molecular weight excluding hydrogens is 426 g/mol. The lowest BCUT2D eigenvalue weighted by molar-refractivity contribution is -0.118. The topological polar surface area (TPSA) is 45.7 Å². The quantitative estimate of drug-likeness (QED) is 0.385. The normalized spacial score (nSPS) is 11.5. The van der Waals surface area contributed by atoms with Crippen LogP contribution in [0.25, 0.3) is 10.2 Å². The largest absolute Gasteiger partial charge is 0.497 e. The van der Waals surface area contributed by atoms with Crippen molar-refractivity contribution >= 4 is 44.4 Å². The maximum atomic E-state index is 13.3. The highest BCUT2D eigenvalue weighted by Gasteiger charge is 2.20. The van der Waals surface area contributed by atoms with Gasteiger partial charge in [0.15, 0.2) is 5.13 Å². The zero-order valence-electron chi connectivity index (χ0n) is 18.9. The van der Waals surface area contributed by atoms with E-state index in [4.69, 9.17) is 9.72 Å². The number of thiazole rings is 1. The van der Waals surface area contributed by atoms with Crippen molar-refractivity contribution in [3.8, 4) is 5.75 Å². The molecule has 1 amide bonds. The van der Waals surface area contributed by atoms with Gasteiger partial charge in [0, 0.05) is 16.7 Å². The van der Waals surface area contributed by atoms with Crippen LogP contribution in [0.3, 0.4) is 0 Å². The third-order valence-corrected chi connectivity index (χ3v) is 6.81. The molecule has 0 saturated carbocycles. The van der Waals surface area contributed by atoms with Crippen molar-refractivity contribution in [2.45, 2.75) is 36.8 Å². The second-order valence-electron chi connectivity index (χ2n) is 8.02. The van der Waals surface area contributed by atoms with E-state index in [0.29, 0.717) is 18.2 Å². The number of ether oxygens (including phenoxy) is 1. The minimum atomic E-state index is 0.0778. The standard InChI is InChI=1S/C24H31N3O2S2/c1-17(2)30-20-10-7-18(8-11-20)15-23(28)27(14-6-13-26(3)4)24-25-21-12-9-19(29-5)16-22(21)31-24/h7-12,16-17H,6,13-15H2,1-5H3. The molecular formula is C24H31N3O2S2. The predicted molar refractivity (Wildman–Crippen MR) is 133 cm³/mol. The smallest absolute Gasteiger partial charge is 0.233 e. The van der Waals surface area contributed by atoms with Gasteiger partial charge < -0.3 is 9.64 Å². The SMILES string of the molecule is COc1ccc2nc(N(CCCN(C)C)C(=O)Cc3ccc(SC(C)C)cc3)sc2c1. The van der Waals surface area contributed by atoms with E-state index in [9.17, 15) is 4.79 Å². The summed E-state index contributed by atoms with van der Waals surface area (Å²) in [7, 11) is 5.75. The van der Waals surface area contributed by atoms with Gasteiger partial charge in [-0.25, -0.2) is 4.98 Å². The zero-order chi connectivity index (χ0) is 22.4. The number of hydrogen-bond donors (Lipinski definition) is 0. The van der Waals surface area contributed by atoms with Gasteiger partial charge in [-0.2, -0.15) is 0 Å². The molecule has 5 nitrogen and oxygen atoms in total. The highest BCUT2D eigenvalue weighted by molar-refractivity contribution is 7.99. The van der Waals surface area contributed by atoms with Crippen LogP contribution in [0.15, 0.2) is 47.4 Å². The van der Waals surface area contributed by atoms with Crippen LogP contribution in [0.5, 0.6) is 5.75 Å². The Morgan fingerprint density at radius 2 is 1.87 bits per heavy atom. The lowest BCUT2D eigenvalue weighted by Crippen LogP contribution is -2.34. The van der Waals surface area contributed by atoms with Crippen molar-refractivity contribution in [3.63, 3.8) is 0 Å². The van der Waals surface area contributed by atoms with Crippen LogP contribution in [0, 0.1) is 0 Å². The second kappa shape index (κ2) is 11.0. The van der Waals surface area contributed by atoms with Gasteiger partial charge in [0.2, 0.25) is 5.91 Å². The monoisotopic (exact) mass is 457 g/mol. The van der Waals surface area contributed by atoms with Gasteiger partial charge in [0.1, 0.15) is 5.75 Å². The van der Waals surface area contributed by atoms with Gasteiger partial charge in [-0.1, -0.05) is 37.3 Å². The number of carbonyl (C=O) groups excluding carboxylic acids is 1. The first kappa shape index (κ1) is 23.6. The van der Waals surface area contributed by atoms with E-state index in [-0.39, 0.29) is 5.91 Å². The number of methoxy groups -OCH3 is 1. The van der Waals surface area contributed by atoms with Gasteiger partial charge in [-0.05, 0) is 63.0 Å². The molecule has 0 bridgehead atoms. The fraction of sp³-hybridized carbons (Fsp3) is 0.417. The van der Waals surface area contributed by atoms with Crippen LogP contribution >= 0.6 is 23.1 Å². The summed E-state index contributed by atoms with van der Waals surface area (Å²) >= 11 is 3.37. The average molecular weight is 458 g/mol. The molecule has 3 aromatic rings. The van der Waals surface area contributed by atoms with Crippen LogP contribution < -0.4 is 9.64 Å². The summed E-state index contributed by atoms with van der Waals surface area (Å²) in [6, 6.07) is 14.2. The first-order valence-electron chi connectivity index (χ1n) is 10.5.